The highest BCUT2D eigenvalue weighted by atomic mass is 16.3. The van der Waals surface area contributed by atoms with Crippen molar-refractivity contribution < 1.29 is 8.83 Å². The maximum absolute atomic E-state index is 6.57. The zero-order valence-electron chi connectivity index (χ0n) is 30.3. The van der Waals surface area contributed by atoms with Gasteiger partial charge in [-0.1, -0.05) is 115 Å². The Kier molecular flexibility index (Phi) is 6.07. The molecule has 0 unspecified atom stereocenters. The second-order valence-corrected chi connectivity index (χ2v) is 14.7. The molecule has 4 aromatic heterocycles. The number of fused-ring (bicyclic) bond motifs is 9. The minimum absolute atomic E-state index is 0.565. The third kappa shape index (κ3) is 4.32. The lowest BCUT2D eigenvalue weighted by atomic mass is 9.95. The highest BCUT2D eigenvalue weighted by Gasteiger charge is 2.22. The Bertz CT molecular complexity index is 3680. The summed E-state index contributed by atoms with van der Waals surface area (Å²) in [4.78, 5) is 15.4. The van der Waals surface area contributed by atoms with E-state index < -0.39 is 0 Å². The van der Waals surface area contributed by atoms with Gasteiger partial charge in [0.05, 0.1) is 11.0 Å². The maximum Gasteiger partial charge on any atom is 0.164 e. The number of rotatable bonds is 4. The lowest BCUT2D eigenvalue weighted by Crippen LogP contribution is -2.00. The van der Waals surface area contributed by atoms with Gasteiger partial charge in [0, 0.05) is 54.7 Å². The fraction of sp³-hybridized carbons (Fsp3) is 0. The standard InChI is InChI=1S/C51H28N4O2/c1-2-11-29(12-3-1)49-52-50(30-23-25-35-34-15-6-7-21-42(34)57-45(35)27-30)54-51(53-49)38-18-10-22-44-46(38)39-28-31(24-26-43(39)56-44)55-40-19-8-16-36-32-13-4-5-14-33(32)37-17-9-20-41(55)48(37)47(36)40/h1-28H. The zero-order chi connectivity index (χ0) is 37.2. The van der Waals surface area contributed by atoms with Crippen molar-refractivity contribution in [1.29, 1.82) is 0 Å². The van der Waals surface area contributed by atoms with E-state index in [4.69, 9.17) is 23.8 Å². The van der Waals surface area contributed by atoms with Gasteiger partial charge in [0.2, 0.25) is 0 Å². The first kappa shape index (κ1) is 30.5. The molecule has 0 atom stereocenters. The van der Waals surface area contributed by atoms with Gasteiger partial charge in [-0.25, -0.2) is 15.0 Å². The molecule has 57 heavy (non-hydrogen) atoms. The van der Waals surface area contributed by atoms with Gasteiger partial charge in [-0.15, -0.1) is 0 Å². The van der Waals surface area contributed by atoms with Gasteiger partial charge in [0.15, 0.2) is 17.5 Å². The summed E-state index contributed by atoms with van der Waals surface area (Å²) in [5.41, 5.74) is 9.23. The average Bonchev–Trinajstić information content (AvgIpc) is 3.95. The van der Waals surface area contributed by atoms with Crippen LogP contribution in [-0.2, 0) is 0 Å². The van der Waals surface area contributed by atoms with Gasteiger partial charge in [0.1, 0.15) is 22.3 Å². The minimum atomic E-state index is 0.565. The summed E-state index contributed by atoms with van der Waals surface area (Å²) in [5.74, 6) is 1.72. The molecule has 264 valence electrons. The van der Waals surface area contributed by atoms with Gasteiger partial charge >= 0.3 is 0 Å². The van der Waals surface area contributed by atoms with Crippen molar-refractivity contribution in [2.45, 2.75) is 0 Å². The summed E-state index contributed by atoms with van der Waals surface area (Å²) in [5, 5.41) is 11.7. The van der Waals surface area contributed by atoms with Crippen LogP contribution < -0.4 is 0 Å². The molecule has 13 aromatic rings. The molecule has 0 bridgehead atoms. The van der Waals surface area contributed by atoms with Crippen LogP contribution in [-0.4, -0.2) is 19.5 Å². The van der Waals surface area contributed by atoms with E-state index in [9.17, 15) is 0 Å². The Morgan fingerprint density at radius 1 is 0.333 bits per heavy atom. The Labute approximate surface area is 324 Å². The highest BCUT2D eigenvalue weighted by molar-refractivity contribution is 6.34. The van der Waals surface area contributed by atoms with Crippen LogP contribution in [0.5, 0.6) is 0 Å². The lowest BCUT2D eigenvalue weighted by Gasteiger charge is -2.10. The molecule has 13 rings (SSSR count). The Balaban J connectivity index is 1.05. The zero-order valence-corrected chi connectivity index (χ0v) is 30.3. The van der Waals surface area contributed by atoms with E-state index >= 15 is 0 Å². The molecule has 0 aliphatic heterocycles. The van der Waals surface area contributed by atoms with Crippen molar-refractivity contribution in [3.63, 3.8) is 0 Å². The van der Waals surface area contributed by atoms with Crippen LogP contribution in [0.25, 0.3) is 127 Å². The molecule has 0 fully saturated rings. The lowest BCUT2D eigenvalue weighted by molar-refractivity contribution is 0.668. The number of hydrogen-bond donors (Lipinski definition) is 0. The van der Waals surface area contributed by atoms with Crippen molar-refractivity contribution in [1.82, 2.24) is 19.5 Å². The summed E-state index contributed by atoms with van der Waals surface area (Å²) < 4.78 is 15.2. The Morgan fingerprint density at radius 2 is 0.912 bits per heavy atom. The number of nitrogens with zero attached hydrogens (tertiary/aromatic N) is 4. The Hall–Kier alpha value is -7.83. The summed E-state index contributed by atoms with van der Waals surface area (Å²) in [6, 6.07) is 59.0. The first-order valence-electron chi connectivity index (χ1n) is 19.1. The largest absolute Gasteiger partial charge is 0.456 e. The number of hydrogen-bond acceptors (Lipinski definition) is 5. The number of benzene rings is 9. The molecule has 0 spiro atoms. The summed E-state index contributed by atoms with van der Waals surface area (Å²) in [6.45, 7) is 0. The van der Waals surface area contributed by atoms with Crippen LogP contribution in [0, 0.1) is 0 Å². The second kappa shape index (κ2) is 11.4. The van der Waals surface area contributed by atoms with Crippen LogP contribution in [0.4, 0.5) is 0 Å². The first-order chi connectivity index (χ1) is 28.2. The van der Waals surface area contributed by atoms with E-state index in [2.05, 4.69) is 108 Å². The molecular weight excluding hydrogens is 701 g/mol. The highest BCUT2D eigenvalue weighted by Crippen LogP contribution is 2.45. The molecule has 0 amide bonds. The summed E-state index contributed by atoms with van der Waals surface area (Å²) in [6.07, 6.45) is 0. The predicted molar refractivity (Wildman–Crippen MR) is 231 cm³/mol. The monoisotopic (exact) mass is 728 g/mol. The van der Waals surface area contributed by atoms with Crippen molar-refractivity contribution in [2.75, 3.05) is 0 Å². The Morgan fingerprint density at radius 3 is 1.68 bits per heavy atom. The smallest absolute Gasteiger partial charge is 0.164 e. The third-order valence-electron chi connectivity index (χ3n) is 11.6. The van der Waals surface area contributed by atoms with Crippen molar-refractivity contribution in [3.05, 3.63) is 170 Å². The summed E-state index contributed by atoms with van der Waals surface area (Å²) in [7, 11) is 0. The van der Waals surface area contributed by atoms with Gasteiger partial charge in [-0.3, -0.25) is 0 Å². The number of para-hydroxylation sites is 1. The van der Waals surface area contributed by atoms with Gasteiger partial charge in [-0.2, -0.15) is 0 Å². The van der Waals surface area contributed by atoms with Gasteiger partial charge < -0.3 is 13.4 Å². The van der Waals surface area contributed by atoms with Crippen LogP contribution in [0.3, 0.4) is 0 Å². The number of furan rings is 2. The van der Waals surface area contributed by atoms with E-state index in [0.29, 0.717) is 17.5 Å². The predicted octanol–water partition coefficient (Wildman–Crippen LogP) is 13.5. The van der Waals surface area contributed by atoms with Gasteiger partial charge in [-0.05, 0) is 76.1 Å². The molecule has 9 aromatic carbocycles. The fourth-order valence-corrected chi connectivity index (χ4v) is 9.14. The quantitative estimate of drug-likeness (QED) is 0.169. The molecule has 6 nitrogen and oxygen atoms in total. The molecule has 0 aliphatic rings. The molecule has 0 aliphatic carbocycles. The maximum atomic E-state index is 6.57. The SMILES string of the molecule is c1ccc(-c2nc(-c3ccc4c(c3)oc3ccccc34)nc(-c3cccc4oc5ccc(-n6c7cccc8c9ccccc9c9cccc6c9c87)cc5c34)n2)cc1. The van der Waals surface area contributed by atoms with Crippen LogP contribution >= 0.6 is 0 Å². The topological polar surface area (TPSA) is 69.9 Å². The third-order valence-corrected chi connectivity index (χ3v) is 11.6. The minimum Gasteiger partial charge on any atom is -0.456 e. The van der Waals surface area contributed by atoms with Crippen LogP contribution in [0.15, 0.2) is 179 Å². The summed E-state index contributed by atoms with van der Waals surface area (Å²) >= 11 is 0. The van der Waals surface area contributed by atoms with Crippen molar-refractivity contribution >= 4 is 87.2 Å². The molecule has 0 N–H and O–H groups in total. The van der Waals surface area contributed by atoms with Crippen LogP contribution in [0.2, 0.25) is 0 Å². The average molecular weight is 729 g/mol. The van der Waals surface area contributed by atoms with E-state index in [-0.39, 0.29) is 0 Å². The molecule has 0 radical (unpaired) electrons. The molecule has 6 heteroatoms. The van der Waals surface area contributed by atoms with E-state index in [0.717, 1.165) is 66.3 Å². The van der Waals surface area contributed by atoms with E-state index in [1.54, 1.807) is 0 Å². The fourth-order valence-electron chi connectivity index (χ4n) is 9.14. The molecule has 0 saturated heterocycles. The van der Waals surface area contributed by atoms with Crippen molar-refractivity contribution in [3.8, 4) is 39.9 Å². The normalized spacial score (nSPS) is 12.2. The number of aromatic nitrogens is 4. The first-order valence-corrected chi connectivity index (χ1v) is 19.1. The van der Waals surface area contributed by atoms with E-state index in [1.165, 1.54) is 43.4 Å². The van der Waals surface area contributed by atoms with Crippen LogP contribution in [0.1, 0.15) is 0 Å². The second-order valence-electron chi connectivity index (χ2n) is 14.7. The van der Waals surface area contributed by atoms with Gasteiger partial charge in [0.25, 0.3) is 0 Å². The molecule has 4 heterocycles. The molecule has 0 saturated carbocycles. The molecular formula is C51H28N4O2. The van der Waals surface area contributed by atoms with E-state index in [1.807, 2.05) is 66.7 Å². The van der Waals surface area contributed by atoms with Crippen molar-refractivity contribution in [2.24, 2.45) is 0 Å².